The van der Waals surface area contributed by atoms with Crippen LogP contribution in [-0.2, 0) is 18.3 Å². The number of carbonyl (C=O) groups is 1. The second kappa shape index (κ2) is 8.93. The van der Waals surface area contributed by atoms with Gasteiger partial charge in [0.25, 0.3) is 11.5 Å². The van der Waals surface area contributed by atoms with E-state index in [0.717, 1.165) is 28.0 Å². The summed E-state index contributed by atoms with van der Waals surface area (Å²) in [5.41, 5.74) is 6.01. The Morgan fingerprint density at radius 3 is 2.42 bits per heavy atom. The summed E-state index contributed by atoms with van der Waals surface area (Å²) >= 11 is 0. The predicted octanol–water partition coefficient (Wildman–Crippen LogP) is 4.90. The summed E-state index contributed by atoms with van der Waals surface area (Å²) in [6.07, 6.45) is 7.58. The number of hydrogen-bond donors (Lipinski definition) is 1. The highest BCUT2D eigenvalue weighted by molar-refractivity contribution is 6.03. The first kappa shape index (κ1) is 21.9. The number of rotatable bonds is 5. The monoisotopic (exact) mass is 414 g/mol. The molecule has 0 aliphatic heterocycles. The summed E-state index contributed by atoms with van der Waals surface area (Å²) in [7, 11) is 1.73. The molecule has 0 unspecified atom stereocenters. The normalized spacial score (nSPS) is 10.5. The molecule has 0 bridgehead atoms. The molecule has 1 aromatic heterocycles. The fourth-order valence-corrected chi connectivity index (χ4v) is 3.71. The van der Waals surface area contributed by atoms with Crippen LogP contribution >= 0.6 is 0 Å². The zero-order chi connectivity index (χ0) is 22.7. The molecule has 158 valence electrons. The third-order valence-corrected chi connectivity index (χ3v) is 5.13. The van der Waals surface area contributed by atoms with Gasteiger partial charge in [-0.25, -0.2) is 0 Å². The zero-order valence-corrected chi connectivity index (χ0v) is 18.5. The van der Waals surface area contributed by atoms with Crippen LogP contribution in [0.5, 0.6) is 11.5 Å². The summed E-state index contributed by atoms with van der Waals surface area (Å²) in [6.45, 7) is 8.02. The first-order chi connectivity index (χ1) is 14.7. The van der Waals surface area contributed by atoms with Gasteiger partial charge in [-0.05, 0) is 68.5 Å². The number of anilines is 1. The Hall–Kier alpha value is -3.78. The first-order valence-electron chi connectivity index (χ1n) is 10.1. The molecule has 0 aliphatic rings. The van der Waals surface area contributed by atoms with E-state index in [-0.39, 0.29) is 5.56 Å². The molecule has 0 atom stereocenters. The van der Waals surface area contributed by atoms with Crippen molar-refractivity contribution in [2.75, 3.05) is 5.32 Å². The average molecular weight is 415 g/mol. The lowest BCUT2D eigenvalue weighted by molar-refractivity contribution is -0.111. The molecule has 3 aromatic rings. The number of nitrogens with zero attached hydrogens (tertiary/aromatic N) is 1. The van der Waals surface area contributed by atoms with Crippen molar-refractivity contribution in [1.29, 1.82) is 0 Å². The van der Waals surface area contributed by atoms with Gasteiger partial charge in [-0.1, -0.05) is 24.6 Å². The van der Waals surface area contributed by atoms with E-state index in [9.17, 15) is 9.59 Å². The van der Waals surface area contributed by atoms with E-state index in [4.69, 9.17) is 11.2 Å². The Balaban J connectivity index is 2.19. The van der Waals surface area contributed by atoms with Crippen LogP contribution in [0, 0.1) is 33.1 Å². The number of ether oxygens (including phenoxy) is 1. The Bertz CT molecular complexity index is 1240. The third-order valence-electron chi connectivity index (χ3n) is 5.13. The predicted molar refractivity (Wildman–Crippen MR) is 125 cm³/mol. The first-order valence-corrected chi connectivity index (χ1v) is 10.1. The van der Waals surface area contributed by atoms with Crippen LogP contribution in [0.1, 0.15) is 29.2 Å². The van der Waals surface area contributed by atoms with Crippen LogP contribution in [0.25, 0.3) is 11.1 Å². The van der Waals surface area contributed by atoms with Crippen LogP contribution in [-0.4, -0.2) is 10.5 Å². The third kappa shape index (κ3) is 4.70. The lowest BCUT2D eigenvalue weighted by Crippen LogP contribution is -2.20. The summed E-state index contributed by atoms with van der Waals surface area (Å²) in [5, 5.41) is 2.68. The van der Waals surface area contributed by atoms with Crippen molar-refractivity contribution in [3.63, 3.8) is 0 Å². The fraction of sp³-hybridized carbons (Fsp3) is 0.231. The maximum absolute atomic E-state index is 12.4. The highest BCUT2D eigenvalue weighted by Crippen LogP contribution is 2.38. The number of benzene rings is 2. The SMILES string of the molecule is C#CC(=O)Nc1ccc(Oc2c(C)cc(C)cc2C)c(-c2cc(CC)c(=O)n(C)c2)c1. The Morgan fingerprint density at radius 1 is 1.13 bits per heavy atom. The van der Waals surface area contributed by atoms with Gasteiger partial charge >= 0.3 is 0 Å². The maximum Gasteiger partial charge on any atom is 0.300 e. The second-order valence-corrected chi connectivity index (χ2v) is 7.66. The molecule has 5 heteroatoms. The quantitative estimate of drug-likeness (QED) is 0.604. The van der Waals surface area contributed by atoms with Crippen molar-refractivity contribution in [3.8, 4) is 35.0 Å². The highest BCUT2D eigenvalue weighted by Gasteiger charge is 2.15. The minimum atomic E-state index is -0.528. The molecule has 31 heavy (non-hydrogen) atoms. The molecule has 2 aromatic carbocycles. The van der Waals surface area contributed by atoms with E-state index < -0.39 is 5.91 Å². The summed E-state index contributed by atoms with van der Waals surface area (Å²) in [4.78, 5) is 24.1. The van der Waals surface area contributed by atoms with Crippen molar-refractivity contribution in [2.24, 2.45) is 7.05 Å². The van der Waals surface area contributed by atoms with E-state index in [1.807, 2.05) is 32.9 Å². The second-order valence-electron chi connectivity index (χ2n) is 7.66. The molecule has 0 radical (unpaired) electrons. The number of aryl methyl sites for hydroxylation is 5. The van der Waals surface area contributed by atoms with Gasteiger partial charge in [-0.15, -0.1) is 6.42 Å². The molecule has 0 saturated carbocycles. The van der Waals surface area contributed by atoms with Crippen molar-refractivity contribution < 1.29 is 9.53 Å². The number of terminal acetylenes is 1. The largest absolute Gasteiger partial charge is 0.456 e. The van der Waals surface area contributed by atoms with Gasteiger partial charge in [0.1, 0.15) is 11.5 Å². The molecule has 0 saturated heterocycles. The highest BCUT2D eigenvalue weighted by atomic mass is 16.5. The van der Waals surface area contributed by atoms with Gasteiger partial charge in [-0.2, -0.15) is 0 Å². The van der Waals surface area contributed by atoms with E-state index in [0.29, 0.717) is 23.4 Å². The summed E-state index contributed by atoms with van der Waals surface area (Å²) < 4.78 is 7.93. The number of amides is 1. The van der Waals surface area contributed by atoms with Crippen molar-refractivity contribution >= 4 is 11.6 Å². The van der Waals surface area contributed by atoms with Crippen LogP contribution < -0.4 is 15.6 Å². The van der Waals surface area contributed by atoms with E-state index in [1.54, 1.807) is 29.9 Å². The Morgan fingerprint density at radius 2 is 1.81 bits per heavy atom. The summed E-state index contributed by atoms with van der Waals surface area (Å²) in [6, 6.07) is 11.4. The lowest BCUT2D eigenvalue weighted by Gasteiger charge is -2.18. The molecule has 5 nitrogen and oxygen atoms in total. The molecule has 1 N–H and O–H groups in total. The average Bonchev–Trinajstić information content (AvgIpc) is 2.73. The van der Waals surface area contributed by atoms with E-state index in [1.165, 1.54) is 5.56 Å². The molecule has 1 amide bonds. The van der Waals surface area contributed by atoms with Crippen LogP contribution in [0.15, 0.2) is 47.4 Å². The van der Waals surface area contributed by atoms with Gasteiger partial charge in [0.05, 0.1) is 0 Å². The molecule has 0 fully saturated rings. The standard InChI is InChI=1S/C26H26N2O3/c1-7-19-13-20(15-28(6)26(19)30)22-14-21(27-24(29)8-2)9-10-23(22)31-25-17(4)11-16(3)12-18(25)5/h2,9-15H,7H2,1,3-6H3,(H,27,29). The lowest BCUT2D eigenvalue weighted by atomic mass is 10.0. The van der Waals surface area contributed by atoms with E-state index in [2.05, 4.69) is 30.3 Å². The van der Waals surface area contributed by atoms with Crippen molar-refractivity contribution in [2.45, 2.75) is 34.1 Å². The number of hydrogen-bond acceptors (Lipinski definition) is 3. The van der Waals surface area contributed by atoms with Crippen molar-refractivity contribution in [1.82, 2.24) is 4.57 Å². The van der Waals surface area contributed by atoms with Gasteiger partial charge in [0, 0.05) is 35.6 Å². The fourth-order valence-electron chi connectivity index (χ4n) is 3.71. The number of aromatic nitrogens is 1. The van der Waals surface area contributed by atoms with Gasteiger partial charge in [-0.3, -0.25) is 9.59 Å². The number of nitrogens with one attached hydrogen (secondary N) is 1. The van der Waals surface area contributed by atoms with Crippen molar-refractivity contribution in [3.05, 3.63) is 75.2 Å². The van der Waals surface area contributed by atoms with Gasteiger partial charge in [0.15, 0.2) is 0 Å². The van der Waals surface area contributed by atoms with Gasteiger partial charge < -0.3 is 14.6 Å². The van der Waals surface area contributed by atoms with Crippen LogP contribution in [0.4, 0.5) is 5.69 Å². The maximum atomic E-state index is 12.4. The summed E-state index contributed by atoms with van der Waals surface area (Å²) in [5.74, 6) is 2.93. The Labute approximate surface area is 182 Å². The minimum absolute atomic E-state index is 0.0317. The molecular weight excluding hydrogens is 388 g/mol. The minimum Gasteiger partial charge on any atom is -0.456 e. The molecule has 0 spiro atoms. The van der Waals surface area contributed by atoms with Crippen LogP contribution in [0.3, 0.4) is 0 Å². The number of carbonyl (C=O) groups excluding carboxylic acids is 1. The smallest absolute Gasteiger partial charge is 0.300 e. The Kier molecular flexibility index (Phi) is 6.31. The molecule has 0 aliphatic carbocycles. The van der Waals surface area contributed by atoms with Crippen LogP contribution in [0.2, 0.25) is 0 Å². The molecular formula is C26H26N2O3. The topological polar surface area (TPSA) is 60.3 Å². The molecule has 3 rings (SSSR count). The zero-order valence-electron chi connectivity index (χ0n) is 18.5. The van der Waals surface area contributed by atoms with Gasteiger partial charge in [0.2, 0.25) is 0 Å². The molecule has 1 heterocycles. The number of pyridine rings is 1. The van der Waals surface area contributed by atoms with E-state index >= 15 is 0 Å².